The summed E-state index contributed by atoms with van der Waals surface area (Å²) in [4.78, 5) is 26.4. The summed E-state index contributed by atoms with van der Waals surface area (Å²) in [5, 5.41) is 0. The van der Waals surface area contributed by atoms with Gasteiger partial charge in [-0.3, -0.25) is 4.79 Å². The first-order valence-electron chi connectivity index (χ1n) is 7.62. The number of ether oxygens (including phenoxy) is 1. The van der Waals surface area contributed by atoms with Gasteiger partial charge in [0.25, 0.3) is 0 Å². The molecule has 116 valence electrons. The molecule has 0 unspecified atom stereocenters. The number of aromatic nitrogens is 1. The number of aryl methyl sites for hydroxylation is 1. The van der Waals surface area contributed by atoms with Crippen LogP contribution in [0.1, 0.15) is 52.7 Å². The van der Waals surface area contributed by atoms with Gasteiger partial charge in [-0.15, -0.1) is 0 Å². The van der Waals surface area contributed by atoms with Crippen LogP contribution in [0.5, 0.6) is 0 Å². The fraction of sp³-hybridized carbons (Fsp3) is 0.625. The van der Waals surface area contributed by atoms with Crippen LogP contribution in [-0.2, 0) is 17.7 Å². The van der Waals surface area contributed by atoms with Crippen LogP contribution >= 0.6 is 0 Å². The lowest BCUT2D eigenvalue weighted by molar-refractivity contribution is 0.0513. The van der Waals surface area contributed by atoms with Gasteiger partial charge in [-0.2, -0.15) is 0 Å². The van der Waals surface area contributed by atoms with Crippen molar-refractivity contribution in [2.24, 2.45) is 0 Å². The van der Waals surface area contributed by atoms with E-state index in [9.17, 15) is 9.59 Å². The summed E-state index contributed by atoms with van der Waals surface area (Å²) in [6.45, 7) is 3.74. The Bertz CT molecular complexity index is 532. The molecule has 0 aliphatic heterocycles. The molecule has 0 radical (unpaired) electrons. The highest BCUT2D eigenvalue weighted by Crippen LogP contribution is 2.26. The fourth-order valence-corrected chi connectivity index (χ4v) is 2.83. The number of carbonyl (C=O) groups excluding carboxylic acids is 2. The molecule has 5 heteroatoms. The number of hydrogen-bond acceptors (Lipinski definition) is 4. The lowest BCUT2D eigenvalue weighted by Gasteiger charge is -2.17. The Morgan fingerprint density at radius 2 is 2.14 bits per heavy atom. The number of carbonyl (C=O) groups is 2. The lowest BCUT2D eigenvalue weighted by atomic mass is 9.97. The summed E-state index contributed by atoms with van der Waals surface area (Å²) in [5.74, 6) is -0.179. The third kappa shape index (κ3) is 3.53. The standard InChI is InChI=1S/C16H24N2O3/c1-4-21-16(20)13-11-12-7-5-8-14(19)15(12)18(13)10-6-9-17(2)3/h11H,4-10H2,1-3H3. The largest absolute Gasteiger partial charge is 0.461 e. The molecule has 0 amide bonds. The second-order valence-electron chi connectivity index (χ2n) is 5.71. The molecule has 0 N–H and O–H groups in total. The van der Waals surface area contributed by atoms with Gasteiger partial charge in [-0.05, 0) is 58.5 Å². The molecule has 5 nitrogen and oxygen atoms in total. The molecule has 2 rings (SSSR count). The smallest absolute Gasteiger partial charge is 0.354 e. The molecule has 0 aromatic carbocycles. The average Bonchev–Trinajstić information content (AvgIpc) is 2.79. The van der Waals surface area contributed by atoms with E-state index in [4.69, 9.17) is 4.74 Å². The van der Waals surface area contributed by atoms with E-state index in [1.807, 2.05) is 24.7 Å². The van der Waals surface area contributed by atoms with Crippen molar-refractivity contribution >= 4 is 11.8 Å². The normalized spacial score (nSPS) is 14.4. The molecule has 0 atom stereocenters. The maximum absolute atomic E-state index is 12.2. The third-order valence-electron chi connectivity index (χ3n) is 3.76. The molecule has 0 bridgehead atoms. The van der Waals surface area contributed by atoms with Crippen LogP contribution in [-0.4, -0.2) is 48.5 Å². The number of rotatable bonds is 6. The average molecular weight is 292 g/mol. The second-order valence-corrected chi connectivity index (χ2v) is 5.71. The van der Waals surface area contributed by atoms with Crippen molar-refractivity contribution < 1.29 is 14.3 Å². The molecule has 0 saturated carbocycles. The highest BCUT2D eigenvalue weighted by molar-refractivity contribution is 6.00. The summed E-state index contributed by atoms with van der Waals surface area (Å²) in [7, 11) is 4.03. The number of fused-ring (bicyclic) bond motifs is 1. The monoisotopic (exact) mass is 292 g/mol. The van der Waals surface area contributed by atoms with Crippen LogP contribution in [0.15, 0.2) is 6.07 Å². The predicted octanol–water partition coefficient (Wildman–Crippen LogP) is 2.14. The van der Waals surface area contributed by atoms with Crippen LogP contribution in [0.25, 0.3) is 0 Å². The molecule has 0 fully saturated rings. The number of esters is 1. The Morgan fingerprint density at radius 3 is 2.81 bits per heavy atom. The van der Waals surface area contributed by atoms with Crippen LogP contribution in [0.2, 0.25) is 0 Å². The third-order valence-corrected chi connectivity index (χ3v) is 3.76. The SMILES string of the molecule is CCOC(=O)c1cc2c(n1CCCN(C)C)C(=O)CCC2. The molecule has 1 aliphatic rings. The van der Waals surface area contributed by atoms with Crippen LogP contribution < -0.4 is 0 Å². The second kappa shape index (κ2) is 6.89. The van der Waals surface area contributed by atoms with Gasteiger partial charge in [0.15, 0.2) is 5.78 Å². The van der Waals surface area contributed by atoms with Gasteiger partial charge >= 0.3 is 5.97 Å². The minimum absolute atomic E-state index is 0.150. The van der Waals surface area contributed by atoms with Crippen molar-refractivity contribution in [3.63, 3.8) is 0 Å². The zero-order chi connectivity index (χ0) is 15.4. The molecule has 0 spiro atoms. The molecule has 21 heavy (non-hydrogen) atoms. The topological polar surface area (TPSA) is 51.5 Å². The van der Waals surface area contributed by atoms with Crippen molar-refractivity contribution in [2.45, 2.75) is 39.2 Å². The summed E-state index contributed by atoms with van der Waals surface area (Å²) < 4.78 is 7.00. The first-order valence-corrected chi connectivity index (χ1v) is 7.62. The Morgan fingerprint density at radius 1 is 1.38 bits per heavy atom. The Balaban J connectivity index is 2.30. The fourth-order valence-electron chi connectivity index (χ4n) is 2.83. The summed E-state index contributed by atoms with van der Waals surface area (Å²) in [6, 6.07) is 1.85. The first kappa shape index (κ1) is 15.8. The van der Waals surface area contributed by atoms with E-state index in [1.54, 1.807) is 6.92 Å². The van der Waals surface area contributed by atoms with Gasteiger partial charge in [0.2, 0.25) is 0 Å². The van der Waals surface area contributed by atoms with E-state index in [0.717, 1.165) is 37.1 Å². The minimum atomic E-state index is -0.329. The zero-order valence-electron chi connectivity index (χ0n) is 13.1. The van der Waals surface area contributed by atoms with Crippen molar-refractivity contribution in [1.29, 1.82) is 0 Å². The number of ketones is 1. The van der Waals surface area contributed by atoms with E-state index >= 15 is 0 Å². The van der Waals surface area contributed by atoms with E-state index in [2.05, 4.69) is 4.90 Å². The summed E-state index contributed by atoms with van der Waals surface area (Å²) >= 11 is 0. The molecule has 1 heterocycles. The van der Waals surface area contributed by atoms with E-state index in [0.29, 0.717) is 25.3 Å². The summed E-state index contributed by atoms with van der Waals surface area (Å²) in [6.07, 6.45) is 3.21. The number of Topliss-reactive ketones (excluding diaryl/α,β-unsaturated/α-hetero) is 1. The zero-order valence-corrected chi connectivity index (χ0v) is 13.1. The predicted molar refractivity (Wildman–Crippen MR) is 80.8 cm³/mol. The van der Waals surface area contributed by atoms with Crippen LogP contribution in [0, 0.1) is 0 Å². The highest BCUT2D eigenvalue weighted by atomic mass is 16.5. The van der Waals surface area contributed by atoms with Crippen molar-refractivity contribution in [2.75, 3.05) is 27.2 Å². The summed E-state index contributed by atoms with van der Waals surface area (Å²) in [5.41, 5.74) is 2.25. The van der Waals surface area contributed by atoms with E-state index < -0.39 is 0 Å². The maximum atomic E-state index is 12.2. The highest BCUT2D eigenvalue weighted by Gasteiger charge is 2.27. The number of hydrogen-bond donors (Lipinski definition) is 0. The Kier molecular flexibility index (Phi) is 5.17. The van der Waals surface area contributed by atoms with E-state index in [-0.39, 0.29) is 11.8 Å². The van der Waals surface area contributed by atoms with Crippen LogP contribution in [0.4, 0.5) is 0 Å². The van der Waals surface area contributed by atoms with Gasteiger partial charge < -0.3 is 14.2 Å². The molecular weight excluding hydrogens is 268 g/mol. The quantitative estimate of drug-likeness (QED) is 0.754. The minimum Gasteiger partial charge on any atom is -0.461 e. The maximum Gasteiger partial charge on any atom is 0.354 e. The van der Waals surface area contributed by atoms with Gasteiger partial charge in [0.1, 0.15) is 5.69 Å². The molecule has 1 aliphatic carbocycles. The number of nitrogens with zero attached hydrogens (tertiary/aromatic N) is 2. The molecule has 1 aromatic heterocycles. The van der Waals surface area contributed by atoms with E-state index in [1.165, 1.54) is 0 Å². The van der Waals surface area contributed by atoms with Crippen LogP contribution in [0.3, 0.4) is 0 Å². The molecule has 1 aromatic rings. The lowest BCUT2D eigenvalue weighted by Crippen LogP contribution is -2.21. The van der Waals surface area contributed by atoms with Gasteiger partial charge in [0, 0.05) is 13.0 Å². The Hall–Kier alpha value is -1.62. The molecule has 0 saturated heterocycles. The van der Waals surface area contributed by atoms with Gasteiger partial charge in [-0.1, -0.05) is 0 Å². The molecular formula is C16H24N2O3. The first-order chi connectivity index (χ1) is 10.0. The van der Waals surface area contributed by atoms with Crippen molar-refractivity contribution in [3.05, 3.63) is 23.0 Å². The van der Waals surface area contributed by atoms with Gasteiger partial charge in [0.05, 0.1) is 12.3 Å². The van der Waals surface area contributed by atoms with Gasteiger partial charge in [-0.25, -0.2) is 4.79 Å². The van der Waals surface area contributed by atoms with Crippen molar-refractivity contribution in [1.82, 2.24) is 9.47 Å². The van der Waals surface area contributed by atoms with Crippen molar-refractivity contribution in [3.8, 4) is 0 Å². The Labute approximate surface area is 125 Å².